The first kappa shape index (κ1) is 12.8. The van der Waals surface area contributed by atoms with Crippen molar-refractivity contribution < 1.29 is 0 Å². The summed E-state index contributed by atoms with van der Waals surface area (Å²) >= 11 is 0. The van der Waals surface area contributed by atoms with Gasteiger partial charge in [-0.15, -0.1) is 0 Å². The van der Waals surface area contributed by atoms with E-state index in [4.69, 9.17) is 5.73 Å². The van der Waals surface area contributed by atoms with Gasteiger partial charge in [-0.2, -0.15) is 5.10 Å². The number of hydrogen-bond acceptors (Lipinski definition) is 2. The van der Waals surface area contributed by atoms with Crippen LogP contribution in [0.1, 0.15) is 19.4 Å². The van der Waals surface area contributed by atoms with E-state index in [1.54, 1.807) is 0 Å². The highest BCUT2D eigenvalue weighted by Gasteiger charge is 2.03. The quantitative estimate of drug-likeness (QED) is 0.877. The van der Waals surface area contributed by atoms with Crippen LogP contribution < -0.4 is 5.73 Å². The highest BCUT2D eigenvalue weighted by atomic mass is 15.3. The molecule has 18 heavy (non-hydrogen) atoms. The van der Waals surface area contributed by atoms with Crippen molar-refractivity contribution in [3.8, 4) is 11.1 Å². The van der Waals surface area contributed by atoms with Gasteiger partial charge in [0.05, 0.1) is 6.20 Å². The Hall–Kier alpha value is -1.61. The smallest absolute Gasteiger partial charge is 0.0568 e. The summed E-state index contributed by atoms with van der Waals surface area (Å²) in [6, 6.07) is 8.56. The number of aromatic nitrogens is 2. The maximum Gasteiger partial charge on any atom is 0.0568 e. The second kappa shape index (κ2) is 5.83. The molecule has 1 heterocycles. The van der Waals surface area contributed by atoms with Crippen LogP contribution in [0.5, 0.6) is 0 Å². The third-order valence-corrected chi connectivity index (χ3v) is 2.91. The van der Waals surface area contributed by atoms with Gasteiger partial charge in [-0.1, -0.05) is 38.1 Å². The molecule has 2 rings (SSSR count). The van der Waals surface area contributed by atoms with Crippen molar-refractivity contribution in [1.29, 1.82) is 0 Å². The molecule has 0 bridgehead atoms. The molecule has 1 aromatic heterocycles. The summed E-state index contributed by atoms with van der Waals surface area (Å²) < 4.78 is 2.01. The van der Waals surface area contributed by atoms with Gasteiger partial charge in [0.25, 0.3) is 0 Å². The van der Waals surface area contributed by atoms with Gasteiger partial charge in [0.15, 0.2) is 0 Å². The van der Waals surface area contributed by atoms with Crippen LogP contribution >= 0.6 is 0 Å². The first-order chi connectivity index (χ1) is 8.69. The van der Waals surface area contributed by atoms with E-state index in [2.05, 4.69) is 49.4 Å². The fourth-order valence-corrected chi connectivity index (χ4v) is 2.02. The number of nitrogens with two attached hydrogens (primary N) is 1. The molecule has 0 fully saturated rings. The number of hydrogen-bond donors (Lipinski definition) is 1. The van der Waals surface area contributed by atoms with Gasteiger partial charge in [-0.05, 0) is 30.0 Å². The molecule has 3 nitrogen and oxygen atoms in total. The lowest BCUT2D eigenvalue weighted by atomic mass is 10.1. The van der Waals surface area contributed by atoms with E-state index in [1.807, 2.05) is 10.9 Å². The molecule has 96 valence electrons. The SMILES string of the molecule is CC(C)Cn1cc(-c2ccc(CCN)cc2)cn1. The molecule has 3 heteroatoms. The predicted molar refractivity (Wildman–Crippen MR) is 75.3 cm³/mol. The maximum absolute atomic E-state index is 5.55. The summed E-state index contributed by atoms with van der Waals surface area (Å²) in [5.74, 6) is 0.615. The van der Waals surface area contributed by atoms with Gasteiger partial charge < -0.3 is 5.73 Å². The molecule has 0 atom stereocenters. The van der Waals surface area contributed by atoms with E-state index in [1.165, 1.54) is 16.7 Å². The van der Waals surface area contributed by atoms with E-state index in [-0.39, 0.29) is 0 Å². The molecular formula is C15H21N3. The molecule has 0 aliphatic rings. The minimum absolute atomic E-state index is 0.615. The average Bonchev–Trinajstić information content (AvgIpc) is 2.78. The van der Waals surface area contributed by atoms with Crippen molar-refractivity contribution in [2.45, 2.75) is 26.8 Å². The van der Waals surface area contributed by atoms with Crippen molar-refractivity contribution in [3.63, 3.8) is 0 Å². The van der Waals surface area contributed by atoms with Gasteiger partial charge in [-0.3, -0.25) is 4.68 Å². The molecule has 1 aromatic carbocycles. The summed E-state index contributed by atoms with van der Waals surface area (Å²) in [5, 5.41) is 4.39. The largest absolute Gasteiger partial charge is 0.330 e. The molecule has 0 saturated heterocycles. The second-order valence-corrected chi connectivity index (χ2v) is 5.08. The van der Waals surface area contributed by atoms with Crippen molar-refractivity contribution in [3.05, 3.63) is 42.2 Å². The Balaban J connectivity index is 2.13. The van der Waals surface area contributed by atoms with Gasteiger partial charge in [0.2, 0.25) is 0 Å². The Morgan fingerprint density at radius 1 is 1.17 bits per heavy atom. The molecule has 2 N–H and O–H groups in total. The van der Waals surface area contributed by atoms with Crippen LogP contribution in [0.3, 0.4) is 0 Å². The minimum atomic E-state index is 0.615. The average molecular weight is 243 g/mol. The summed E-state index contributed by atoms with van der Waals surface area (Å²) in [5.41, 5.74) is 9.22. The first-order valence-electron chi connectivity index (χ1n) is 6.51. The number of rotatable bonds is 5. The fraction of sp³-hybridized carbons (Fsp3) is 0.400. The van der Waals surface area contributed by atoms with E-state index in [0.29, 0.717) is 12.5 Å². The lowest BCUT2D eigenvalue weighted by molar-refractivity contribution is 0.483. The standard InChI is InChI=1S/C15H21N3/c1-12(2)10-18-11-15(9-17-18)14-5-3-13(4-6-14)7-8-16/h3-6,9,11-12H,7-8,10,16H2,1-2H3. The number of nitrogens with zero attached hydrogens (tertiary/aromatic N) is 2. The van der Waals surface area contributed by atoms with Gasteiger partial charge in [-0.25, -0.2) is 0 Å². The second-order valence-electron chi connectivity index (χ2n) is 5.08. The maximum atomic E-state index is 5.55. The third kappa shape index (κ3) is 3.20. The predicted octanol–water partition coefficient (Wildman–Crippen LogP) is 2.71. The van der Waals surface area contributed by atoms with Crippen LogP contribution in [0, 0.1) is 5.92 Å². The number of benzene rings is 1. The van der Waals surface area contributed by atoms with Gasteiger partial charge >= 0.3 is 0 Å². The lowest BCUT2D eigenvalue weighted by Crippen LogP contribution is -2.04. The Labute approximate surface area is 109 Å². The van der Waals surface area contributed by atoms with Crippen molar-refractivity contribution in [1.82, 2.24) is 9.78 Å². The molecule has 0 saturated carbocycles. The van der Waals surface area contributed by atoms with Crippen molar-refractivity contribution in [2.24, 2.45) is 11.7 Å². The monoisotopic (exact) mass is 243 g/mol. The molecule has 0 unspecified atom stereocenters. The summed E-state index contributed by atoms with van der Waals surface area (Å²) in [6.45, 7) is 6.06. The third-order valence-electron chi connectivity index (χ3n) is 2.91. The highest BCUT2D eigenvalue weighted by molar-refractivity contribution is 5.61. The molecule has 0 aliphatic heterocycles. The van der Waals surface area contributed by atoms with E-state index < -0.39 is 0 Å². The zero-order valence-electron chi connectivity index (χ0n) is 11.1. The Bertz CT molecular complexity index is 483. The van der Waals surface area contributed by atoms with Crippen molar-refractivity contribution >= 4 is 0 Å². The molecule has 0 spiro atoms. The highest BCUT2D eigenvalue weighted by Crippen LogP contribution is 2.19. The Kier molecular flexibility index (Phi) is 4.15. The van der Waals surface area contributed by atoms with Crippen LogP contribution in [0.25, 0.3) is 11.1 Å². The van der Waals surface area contributed by atoms with Crippen molar-refractivity contribution in [2.75, 3.05) is 6.54 Å². The van der Waals surface area contributed by atoms with E-state index in [9.17, 15) is 0 Å². The molecule has 0 amide bonds. The fourth-order valence-electron chi connectivity index (χ4n) is 2.02. The van der Waals surface area contributed by atoms with Crippen LogP contribution in [0.2, 0.25) is 0 Å². The Morgan fingerprint density at radius 2 is 1.89 bits per heavy atom. The topological polar surface area (TPSA) is 43.8 Å². The molecule has 2 aromatic rings. The minimum Gasteiger partial charge on any atom is -0.330 e. The Morgan fingerprint density at radius 3 is 2.50 bits per heavy atom. The van der Waals surface area contributed by atoms with Crippen LogP contribution in [0.15, 0.2) is 36.7 Å². The van der Waals surface area contributed by atoms with Gasteiger partial charge in [0.1, 0.15) is 0 Å². The molecule has 0 aliphatic carbocycles. The normalized spacial score (nSPS) is 11.1. The van der Waals surface area contributed by atoms with E-state index >= 15 is 0 Å². The summed E-state index contributed by atoms with van der Waals surface area (Å²) in [6.07, 6.45) is 4.98. The van der Waals surface area contributed by atoms with Crippen LogP contribution in [-0.4, -0.2) is 16.3 Å². The van der Waals surface area contributed by atoms with Crippen LogP contribution in [0.4, 0.5) is 0 Å². The summed E-state index contributed by atoms with van der Waals surface area (Å²) in [7, 11) is 0. The van der Waals surface area contributed by atoms with E-state index in [0.717, 1.165) is 13.0 Å². The molecular weight excluding hydrogens is 222 g/mol. The zero-order valence-corrected chi connectivity index (χ0v) is 11.1. The zero-order chi connectivity index (χ0) is 13.0. The first-order valence-corrected chi connectivity index (χ1v) is 6.51. The van der Waals surface area contributed by atoms with Gasteiger partial charge in [0, 0.05) is 18.3 Å². The van der Waals surface area contributed by atoms with Crippen LogP contribution in [-0.2, 0) is 13.0 Å². The lowest BCUT2D eigenvalue weighted by Gasteiger charge is -2.04. The summed E-state index contributed by atoms with van der Waals surface area (Å²) in [4.78, 5) is 0. The molecule has 0 radical (unpaired) electrons.